The minimum atomic E-state index is 0.130. The Morgan fingerprint density at radius 2 is 2.06 bits per heavy atom. The van der Waals surface area contributed by atoms with Gasteiger partial charge in [0.2, 0.25) is 0 Å². The molecule has 3 heteroatoms. The first kappa shape index (κ1) is 11.5. The molecule has 1 unspecified atom stereocenters. The fourth-order valence-corrected chi connectivity index (χ4v) is 1.76. The summed E-state index contributed by atoms with van der Waals surface area (Å²) in [7, 11) is 0. The molecule has 2 rings (SSSR count). The van der Waals surface area contributed by atoms with Gasteiger partial charge in [0.05, 0.1) is 5.69 Å². The Labute approximate surface area is 101 Å². The van der Waals surface area contributed by atoms with Crippen molar-refractivity contribution in [3.8, 4) is 5.75 Å². The molecule has 3 nitrogen and oxygen atoms in total. The van der Waals surface area contributed by atoms with Crippen molar-refractivity contribution in [2.75, 3.05) is 5.32 Å². The largest absolute Gasteiger partial charge is 0.508 e. The fourth-order valence-electron chi connectivity index (χ4n) is 1.76. The molecule has 1 aromatic heterocycles. The molecular formula is C14H16N2O. The number of phenolic OH excluding ortho intramolecular Hbond substituents is 1. The van der Waals surface area contributed by atoms with Crippen LogP contribution in [0.4, 0.5) is 5.69 Å². The van der Waals surface area contributed by atoms with E-state index in [9.17, 15) is 5.11 Å². The maximum absolute atomic E-state index is 9.43. The lowest BCUT2D eigenvalue weighted by molar-refractivity contribution is 0.474. The molecule has 88 valence electrons. The number of hydrogen-bond acceptors (Lipinski definition) is 3. The van der Waals surface area contributed by atoms with Gasteiger partial charge in [-0.05, 0) is 43.2 Å². The molecule has 17 heavy (non-hydrogen) atoms. The van der Waals surface area contributed by atoms with Crippen LogP contribution < -0.4 is 5.32 Å². The molecule has 0 spiro atoms. The average Bonchev–Trinajstić information content (AvgIpc) is 2.29. The van der Waals surface area contributed by atoms with Crippen LogP contribution in [0.25, 0.3) is 0 Å². The highest BCUT2D eigenvalue weighted by Crippen LogP contribution is 2.21. The third-order valence-electron chi connectivity index (χ3n) is 2.63. The molecule has 0 amide bonds. The molecule has 0 radical (unpaired) electrons. The van der Waals surface area contributed by atoms with E-state index in [1.54, 1.807) is 18.3 Å². The lowest BCUT2D eigenvalue weighted by atomic mass is 10.1. The second-order valence-electron chi connectivity index (χ2n) is 4.21. The first-order chi connectivity index (χ1) is 8.15. The molecule has 1 aromatic carbocycles. The zero-order valence-corrected chi connectivity index (χ0v) is 10.0. The number of rotatable bonds is 3. The highest BCUT2D eigenvalue weighted by molar-refractivity contribution is 5.45. The third-order valence-corrected chi connectivity index (χ3v) is 2.63. The van der Waals surface area contributed by atoms with Gasteiger partial charge in [0.25, 0.3) is 0 Å². The molecule has 2 N–H and O–H groups in total. The van der Waals surface area contributed by atoms with Crippen molar-refractivity contribution in [1.29, 1.82) is 0 Å². The molecule has 0 aliphatic heterocycles. The van der Waals surface area contributed by atoms with Gasteiger partial charge in [0.1, 0.15) is 5.75 Å². The van der Waals surface area contributed by atoms with Crippen molar-refractivity contribution in [3.05, 3.63) is 53.9 Å². The Balaban J connectivity index is 2.14. The minimum absolute atomic E-state index is 0.130. The van der Waals surface area contributed by atoms with Gasteiger partial charge in [-0.15, -0.1) is 0 Å². The summed E-state index contributed by atoms with van der Waals surface area (Å²) in [6.45, 7) is 4.06. The van der Waals surface area contributed by atoms with Crippen LogP contribution in [0.3, 0.4) is 0 Å². The second-order valence-corrected chi connectivity index (χ2v) is 4.21. The smallest absolute Gasteiger partial charge is 0.115 e. The molecule has 1 heterocycles. The van der Waals surface area contributed by atoms with Crippen molar-refractivity contribution in [3.63, 3.8) is 0 Å². The molecular weight excluding hydrogens is 212 g/mol. The third kappa shape index (κ3) is 2.97. The van der Waals surface area contributed by atoms with Crippen LogP contribution in [0.5, 0.6) is 5.75 Å². The number of aromatic hydroxyl groups is 1. The summed E-state index contributed by atoms with van der Waals surface area (Å²) in [5.41, 5.74) is 3.16. The SMILES string of the molecule is Cc1cncc(NC(C)c2cccc(O)c2)c1. The number of aromatic nitrogens is 1. The number of hydrogen-bond donors (Lipinski definition) is 2. The van der Waals surface area contributed by atoms with E-state index in [2.05, 4.69) is 17.2 Å². The summed E-state index contributed by atoms with van der Waals surface area (Å²) in [6.07, 6.45) is 3.62. The zero-order chi connectivity index (χ0) is 12.3. The van der Waals surface area contributed by atoms with Gasteiger partial charge in [-0.25, -0.2) is 0 Å². The minimum Gasteiger partial charge on any atom is -0.508 e. The Morgan fingerprint density at radius 3 is 2.76 bits per heavy atom. The zero-order valence-electron chi connectivity index (χ0n) is 10.0. The maximum Gasteiger partial charge on any atom is 0.115 e. The Morgan fingerprint density at radius 1 is 1.24 bits per heavy atom. The summed E-state index contributed by atoms with van der Waals surface area (Å²) in [6, 6.07) is 9.45. The number of phenols is 1. The van der Waals surface area contributed by atoms with Gasteiger partial charge < -0.3 is 10.4 Å². The van der Waals surface area contributed by atoms with Crippen molar-refractivity contribution in [2.24, 2.45) is 0 Å². The quantitative estimate of drug-likeness (QED) is 0.847. The summed E-state index contributed by atoms with van der Waals surface area (Å²) in [4.78, 5) is 4.14. The normalized spacial score (nSPS) is 12.1. The van der Waals surface area contributed by atoms with E-state index in [1.807, 2.05) is 31.3 Å². The number of aryl methyl sites for hydroxylation is 1. The predicted molar refractivity (Wildman–Crippen MR) is 69.1 cm³/mol. The van der Waals surface area contributed by atoms with E-state index in [0.717, 1.165) is 16.8 Å². The molecule has 0 saturated heterocycles. The van der Waals surface area contributed by atoms with Crippen molar-refractivity contribution in [1.82, 2.24) is 4.98 Å². The molecule has 1 atom stereocenters. The van der Waals surface area contributed by atoms with Crippen LogP contribution in [-0.2, 0) is 0 Å². The molecule has 2 aromatic rings. The number of nitrogens with zero attached hydrogens (tertiary/aromatic N) is 1. The molecule has 0 bridgehead atoms. The maximum atomic E-state index is 9.43. The Hall–Kier alpha value is -2.03. The van der Waals surface area contributed by atoms with Crippen molar-refractivity contribution in [2.45, 2.75) is 19.9 Å². The lowest BCUT2D eigenvalue weighted by Gasteiger charge is -2.15. The number of nitrogens with one attached hydrogen (secondary N) is 1. The molecule has 0 saturated carbocycles. The van der Waals surface area contributed by atoms with E-state index in [-0.39, 0.29) is 6.04 Å². The van der Waals surface area contributed by atoms with Crippen LogP contribution >= 0.6 is 0 Å². The summed E-state index contributed by atoms with van der Waals surface area (Å²) in [5.74, 6) is 0.290. The molecule has 0 aliphatic carbocycles. The molecule has 0 fully saturated rings. The van der Waals surface area contributed by atoms with E-state index in [4.69, 9.17) is 0 Å². The standard InChI is InChI=1S/C14H16N2O/c1-10-6-13(9-15-8-10)16-11(2)12-4-3-5-14(17)7-12/h3-9,11,16-17H,1-2H3. The summed E-state index contributed by atoms with van der Waals surface area (Å²) >= 11 is 0. The first-order valence-corrected chi connectivity index (χ1v) is 5.62. The van der Waals surface area contributed by atoms with Crippen LogP contribution in [-0.4, -0.2) is 10.1 Å². The highest BCUT2D eigenvalue weighted by Gasteiger charge is 2.05. The Kier molecular flexibility index (Phi) is 3.28. The highest BCUT2D eigenvalue weighted by atomic mass is 16.3. The summed E-state index contributed by atoms with van der Waals surface area (Å²) in [5, 5.41) is 12.8. The van der Waals surface area contributed by atoms with Gasteiger partial charge in [-0.1, -0.05) is 12.1 Å². The van der Waals surface area contributed by atoms with Crippen LogP contribution in [0.2, 0.25) is 0 Å². The number of pyridine rings is 1. The van der Waals surface area contributed by atoms with Gasteiger partial charge >= 0.3 is 0 Å². The van der Waals surface area contributed by atoms with Crippen molar-refractivity contribution >= 4 is 5.69 Å². The lowest BCUT2D eigenvalue weighted by Crippen LogP contribution is -2.06. The van der Waals surface area contributed by atoms with Gasteiger partial charge in [-0.2, -0.15) is 0 Å². The van der Waals surface area contributed by atoms with E-state index < -0.39 is 0 Å². The van der Waals surface area contributed by atoms with Crippen molar-refractivity contribution < 1.29 is 5.11 Å². The van der Waals surface area contributed by atoms with E-state index in [1.165, 1.54) is 0 Å². The van der Waals surface area contributed by atoms with E-state index in [0.29, 0.717) is 5.75 Å². The average molecular weight is 228 g/mol. The monoisotopic (exact) mass is 228 g/mol. The first-order valence-electron chi connectivity index (χ1n) is 5.62. The van der Waals surface area contributed by atoms with Crippen LogP contribution in [0.1, 0.15) is 24.1 Å². The van der Waals surface area contributed by atoms with Crippen LogP contribution in [0.15, 0.2) is 42.7 Å². The van der Waals surface area contributed by atoms with Gasteiger partial charge in [0.15, 0.2) is 0 Å². The predicted octanol–water partition coefficient (Wildman–Crippen LogP) is 3.27. The molecule has 0 aliphatic rings. The topological polar surface area (TPSA) is 45.2 Å². The summed E-state index contributed by atoms with van der Waals surface area (Å²) < 4.78 is 0. The number of anilines is 1. The van der Waals surface area contributed by atoms with Crippen LogP contribution in [0, 0.1) is 6.92 Å². The second kappa shape index (κ2) is 4.87. The van der Waals surface area contributed by atoms with Gasteiger partial charge in [-0.3, -0.25) is 4.98 Å². The Bertz CT molecular complexity index is 511. The van der Waals surface area contributed by atoms with E-state index >= 15 is 0 Å². The fraction of sp³-hybridized carbons (Fsp3) is 0.214. The number of benzene rings is 1. The van der Waals surface area contributed by atoms with Gasteiger partial charge in [0, 0.05) is 18.4 Å².